The summed E-state index contributed by atoms with van der Waals surface area (Å²) in [7, 11) is 0. The van der Waals surface area contributed by atoms with Crippen LogP contribution in [0.3, 0.4) is 0 Å². The van der Waals surface area contributed by atoms with Gasteiger partial charge in [-0.25, -0.2) is 0 Å². The van der Waals surface area contributed by atoms with Gasteiger partial charge in [0.05, 0.1) is 4.47 Å². The number of phenols is 1. The third kappa shape index (κ3) is 1.79. The molecule has 0 spiro atoms. The summed E-state index contributed by atoms with van der Waals surface area (Å²) in [5.41, 5.74) is 2.76. The standard InChI is InChI=1S/C17H21BrO/c1-9-2-3-14(19)17(18)15(9)16-12-5-10-4-11(7-12)8-13(16)6-10/h2-3,10-13,16,19H,4-8H2,1H3. The van der Waals surface area contributed by atoms with E-state index in [2.05, 4.69) is 28.9 Å². The largest absolute Gasteiger partial charge is 0.507 e. The molecule has 0 heterocycles. The van der Waals surface area contributed by atoms with Gasteiger partial charge in [-0.15, -0.1) is 0 Å². The SMILES string of the molecule is Cc1ccc(O)c(Br)c1C1C2CC3CC(C2)CC1C3. The van der Waals surface area contributed by atoms with Gasteiger partial charge >= 0.3 is 0 Å². The maximum absolute atomic E-state index is 10.0. The summed E-state index contributed by atoms with van der Waals surface area (Å²) in [5.74, 6) is 4.86. The number of benzene rings is 1. The first-order chi connectivity index (χ1) is 9.13. The predicted octanol–water partition coefficient (Wildman–Crippen LogP) is 5.00. The Morgan fingerprint density at radius 3 is 2.16 bits per heavy atom. The average molecular weight is 321 g/mol. The highest BCUT2D eigenvalue weighted by Gasteiger charge is 2.49. The lowest BCUT2D eigenvalue weighted by atomic mass is 9.50. The molecule has 5 rings (SSSR count). The second-order valence-corrected chi connectivity index (χ2v) is 7.88. The molecule has 4 aliphatic carbocycles. The molecule has 0 saturated heterocycles. The molecule has 0 aromatic heterocycles. The highest BCUT2D eigenvalue weighted by atomic mass is 79.9. The molecule has 0 atom stereocenters. The monoisotopic (exact) mass is 320 g/mol. The van der Waals surface area contributed by atoms with Gasteiger partial charge in [0.1, 0.15) is 5.75 Å². The van der Waals surface area contributed by atoms with E-state index < -0.39 is 0 Å². The van der Waals surface area contributed by atoms with Gasteiger partial charge in [-0.05, 0) is 102 Å². The van der Waals surface area contributed by atoms with Crippen molar-refractivity contribution in [3.63, 3.8) is 0 Å². The first-order valence-corrected chi connectivity index (χ1v) is 8.40. The van der Waals surface area contributed by atoms with Gasteiger partial charge in [-0.1, -0.05) is 6.07 Å². The van der Waals surface area contributed by atoms with Gasteiger partial charge in [0.15, 0.2) is 0 Å². The Morgan fingerprint density at radius 1 is 1.00 bits per heavy atom. The molecule has 1 N–H and O–H groups in total. The molecule has 2 heteroatoms. The van der Waals surface area contributed by atoms with Crippen LogP contribution in [0, 0.1) is 30.6 Å². The second kappa shape index (κ2) is 4.25. The number of rotatable bonds is 1. The zero-order valence-corrected chi connectivity index (χ0v) is 13.0. The van der Waals surface area contributed by atoms with Crippen LogP contribution in [-0.2, 0) is 0 Å². The van der Waals surface area contributed by atoms with Crippen molar-refractivity contribution in [3.05, 3.63) is 27.7 Å². The van der Waals surface area contributed by atoms with E-state index in [-0.39, 0.29) is 0 Å². The fraction of sp³-hybridized carbons (Fsp3) is 0.647. The topological polar surface area (TPSA) is 20.2 Å². The fourth-order valence-electron chi connectivity index (χ4n) is 5.48. The smallest absolute Gasteiger partial charge is 0.130 e. The van der Waals surface area contributed by atoms with E-state index in [1.54, 1.807) is 0 Å². The van der Waals surface area contributed by atoms with Crippen LogP contribution < -0.4 is 0 Å². The van der Waals surface area contributed by atoms with E-state index in [0.717, 1.165) is 28.1 Å². The van der Waals surface area contributed by atoms with E-state index in [1.807, 2.05) is 6.07 Å². The van der Waals surface area contributed by atoms with Crippen molar-refractivity contribution in [1.82, 2.24) is 0 Å². The van der Waals surface area contributed by atoms with Gasteiger partial charge in [0.25, 0.3) is 0 Å². The van der Waals surface area contributed by atoms with E-state index in [9.17, 15) is 5.11 Å². The fourth-order valence-corrected chi connectivity index (χ4v) is 6.19. The number of aromatic hydroxyl groups is 1. The Hall–Kier alpha value is -0.500. The highest BCUT2D eigenvalue weighted by molar-refractivity contribution is 9.10. The maximum Gasteiger partial charge on any atom is 0.130 e. The number of phenolic OH excluding ortho intramolecular Hbond substituents is 1. The molecule has 0 unspecified atom stereocenters. The average Bonchev–Trinajstić information content (AvgIpc) is 2.36. The van der Waals surface area contributed by atoms with Gasteiger partial charge < -0.3 is 5.11 Å². The van der Waals surface area contributed by atoms with Crippen LogP contribution in [0.25, 0.3) is 0 Å². The zero-order valence-electron chi connectivity index (χ0n) is 11.4. The Bertz CT molecular complexity index is 494. The molecule has 0 radical (unpaired) electrons. The molecule has 0 amide bonds. The van der Waals surface area contributed by atoms with Crippen molar-refractivity contribution >= 4 is 15.9 Å². The van der Waals surface area contributed by atoms with Gasteiger partial charge in [0, 0.05) is 0 Å². The number of halogens is 1. The summed E-state index contributed by atoms with van der Waals surface area (Å²) in [6, 6.07) is 3.90. The number of hydrogen-bond acceptors (Lipinski definition) is 1. The summed E-state index contributed by atoms with van der Waals surface area (Å²) in [5, 5.41) is 10.0. The lowest BCUT2D eigenvalue weighted by Gasteiger charge is -2.55. The van der Waals surface area contributed by atoms with Crippen LogP contribution in [-0.4, -0.2) is 5.11 Å². The predicted molar refractivity (Wildman–Crippen MR) is 80.3 cm³/mol. The van der Waals surface area contributed by atoms with Crippen molar-refractivity contribution in [2.75, 3.05) is 0 Å². The Kier molecular flexibility index (Phi) is 2.74. The lowest BCUT2D eigenvalue weighted by molar-refractivity contribution is -0.00326. The van der Waals surface area contributed by atoms with Gasteiger partial charge in [-0.2, -0.15) is 0 Å². The Balaban J connectivity index is 1.79. The molecular weight excluding hydrogens is 300 g/mol. The molecule has 4 saturated carbocycles. The van der Waals surface area contributed by atoms with Gasteiger partial charge in [0.2, 0.25) is 0 Å². The molecule has 1 nitrogen and oxygen atoms in total. The molecule has 4 aliphatic rings. The lowest BCUT2D eigenvalue weighted by Crippen LogP contribution is -2.44. The quantitative estimate of drug-likeness (QED) is 0.771. The summed E-state index contributed by atoms with van der Waals surface area (Å²) >= 11 is 3.65. The van der Waals surface area contributed by atoms with Crippen molar-refractivity contribution < 1.29 is 5.11 Å². The molecular formula is C17H21BrO. The minimum Gasteiger partial charge on any atom is -0.507 e. The van der Waals surface area contributed by atoms with Crippen molar-refractivity contribution in [2.24, 2.45) is 23.7 Å². The van der Waals surface area contributed by atoms with Crippen molar-refractivity contribution in [1.29, 1.82) is 0 Å². The third-order valence-electron chi connectivity index (χ3n) is 5.94. The first kappa shape index (κ1) is 12.3. The summed E-state index contributed by atoms with van der Waals surface area (Å²) in [4.78, 5) is 0. The van der Waals surface area contributed by atoms with E-state index >= 15 is 0 Å². The first-order valence-electron chi connectivity index (χ1n) is 7.61. The van der Waals surface area contributed by atoms with Crippen LogP contribution in [0.5, 0.6) is 5.75 Å². The summed E-state index contributed by atoms with van der Waals surface area (Å²) < 4.78 is 0.963. The molecule has 0 aliphatic heterocycles. The number of aryl methyl sites for hydroxylation is 1. The molecule has 19 heavy (non-hydrogen) atoms. The molecule has 102 valence electrons. The summed E-state index contributed by atoms with van der Waals surface area (Å²) in [6.07, 6.45) is 7.22. The third-order valence-corrected chi connectivity index (χ3v) is 6.77. The van der Waals surface area contributed by atoms with E-state index in [4.69, 9.17) is 0 Å². The maximum atomic E-state index is 10.0. The molecule has 1 aromatic carbocycles. The zero-order chi connectivity index (χ0) is 13.1. The van der Waals surface area contributed by atoms with Crippen LogP contribution in [0.1, 0.15) is 49.1 Å². The summed E-state index contributed by atoms with van der Waals surface area (Å²) in [6.45, 7) is 2.20. The Labute approximate surface area is 123 Å². The van der Waals surface area contributed by atoms with E-state index in [1.165, 1.54) is 43.2 Å². The van der Waals surface area contributed by atoms with E-state index in [0.29, 0.717) is 11.7 Å². The molecule has 4 fully saturated rings. The minimum absolute atomic E-state index is 0.411. The Morgan fingerprint density at radius 2 is 1.58 bits per heavy atom. The molecule has 1 aromatic rings. The van der Waals surface area contributed by atoms with Crippen molar-refractivity contribution in [2.45, 2.75) is 44.9 Å². The van der Waals surface area contributed by atoms with Crippen LogP contribution in [0.15, 0.2) is 16.6 Å². The van der Waals surface area contributed by atoms with Gasteiger partial charge in [-0.3, -0.25) is 0 Å². The molecule has 4 bridgehead atoms. The van der Waals surface area contributed by atoms with Crippen LogP contribution in [0.2, 0.25) is 0 Å². The minimum atomic E-state index is 0.411. The van der Waals surface area contributed by atoms with Crippen LogP contribution in [0.4, 0.5) is 0 Å². The van der Waals surface area contributed by atoms with Crippen molar-refractivity contribution in [3.8, 4) is 5.75 Å². The highest BCUT2D eigenvalue weighted by Crippen LogP contribution is 2.61. The second-order valence-electron chi connectivity index (χ2n) is 7.09. The van der Waals surface area contributed by atoms with Crippen LogP contribution >= 0.6 is 15.9 Å². The number of hydrogen-bond donors (Lipinski definition) is 1. The normalized spacial score (nSPS) is 39.8.